The van der Waals surface area contributed by atoms with E-state index in [0.717, 1.165) is 19.4 Å². The molecule has 0 amide bonds. The predicted octanol–water partition coefficient (Wildman–Crippen LogP) is 3.20. The second kappa shape index (κ2) is 8.06. The van der Waals surface area contributed by atoms with Crippen molar-refractivity contribution >= 4 is 0 Å². The molecule has 1 heteroatoms. The van der Waals surface area contributed by atoms with Gasteiger partial charge < -0.3 is 4.74 Å². The molecule has 0 spiro atoms. The van der Waals surface area contributed by atoms with Crippen LogP contribution in [0.4, 0.5) is 0 Å². The molecule has 0 fully saturated rings. The van der Waals surface area contributed by atoms with Gasteiger partial charge in [-0.25, -0.2) is 0 Å². The van der Waals surface area contributed by atoms with Crippen molar-refractivity contribution in [1.82, 2.24) is 0 Å². The van der Waals surface area contributed by atoms with E-state index >= 15 is 0 Å². The molecule has 0 heterocycles. The monoisotopic (exact) mass is 157 g/mol. The summed E-state index contributed by atoms with van der Waals surface area (Å²) in [4.78, 5) is 0. The van der Waals surface area contributed by atoms with Gasteiger partial charge in [0.05, 0.1) is 6.10 Å². The minimum atomic E-state index is 0.224. The SMILES string of the molecule is [CH2]C(CCCC)OCCCC. The van der Waals surface area contributed by atoms with Crippen molar-refractivity contribution in [3.05, 3.63) is 6.92 Å². The van der Waals surface area contributed by atoms with Crippen LogP contribution in [0.5, 0.6) is 0 Å². The number of hydrogen-bond acceptors (Lipinski definition) is 1. The van der Waals surface area contributed by atoms with Gasteiger partial charge in [0, 0.05) is 6.61 Å². The Labute approximate surface area is 71.1 Å². The summed E-state index contributed by atoms with van der Waals surface area (Å²) in [5.74, 6) is 0. The van der Waals surface area contributed by atoms with Gasteiger partial charge >= 0.3 is 0 Å². The Morgan fingerprint density at radius 1 is 1.18 bits per heavy atom. The van der Waals surface area contributed by atoms with E-state index in [-0.39, 0.29) is 6.10 Å². The van der Waals surface area contributed by atoms with Gasteiger partial charge in [0.25, 0.3) is 0 Å². The maximum atomic E-state index is 5.47. The Hall–Kier alpha value is -0.0400. The summed E-state index contributed by atoms with van der Waals surface area (Å²) in [6.07, 6.45) is 6.18. The lowest BCUT2D eigenvalue weighted by Crippen LogP contribution is -2.09. The van der Waals surface area contributed by atoms with Crippen LogP contribution in [0.15, 0.2) is 0 Å². The Balaban J connectivity index is 3.02. The van der Waals surface area contributed by atoms with E-state index in [4.69, 9.17) is 4.74 Å². The third-order valence-electron chi connectivity index (χ3n) is 1.73. The average molecular weight is 157 g/mol. The first-order valence-electron chi connectivity index (χ1n) is 4.76. The van der Waals surface area contributed by atoms with Gasteiger partial charge in [-0.05, 0) is 19.8 Å². The average Bonchev–Trinajstić information content (AvgIpc) is 2.01. The second-order valence-electron chi connectivity index (χ2n) is 2.99. The molecule has 1 unspecified atom stereocenters. The molecule has 1 radical (unpaired) electrons. The first kappa shape index (κ1) is 11.0. The normalized spacial score (nSPS) is 13.4. The minimum Gasteiger partial charge on any atom is -0.378 e. The van der Waals surface area contributed by atoms with Gasteiger partial charge in [-0.15, -0.1) is 0 Å². The highest BCUT2D eigenvalue weighted by Crippen LogP contribution is 2.04. The van der Waals surface area contributed by atoms with Crippen LogP contribution >= 0.6 is 0 Å². The van der Waals surface area contributed by atoms with Crippen molar-refractivity contribution in [2.24, 2.45) is 0 Å². The number of ether oxygens (including phenoxy) is 1. The van der Waals surface area contributed by atoms with Gasteiger partial charge in [-0.2, -0.15) is 0 Å². The molecule has 0 bridgehead atoms. The highest BCUT2D eigenvalue weighted by molar-refractivity contribution is 4.59. The van der Waals surface area contributed by atoms with Gasteiger partial charge in [0.2, 0.25) is 0 Å². The van der Waals surface area contributed by atoms with E-state index in [1.165, 1.54) is 19.3 Å². The predicted molar refractivity (Wildman–Crippen MR) is 49.5 cm³/mol. The lowest BCUT2D eigenvalue weighted by Gasteiger charge is -2.11. The van der Waals surface area contributed by atoms with Crippen molar-refractivity contribution in [3.63, 3.8) is 0 Å². The summed E-state index contributed by atoms with van der Waals surface area (Å²) < 4.78 is 5.47. The lowest BCUT2D eigenvalue weighted by molar-refractivity contribution is 0.0740. The largest absolute Gasteiger partial charge is 0.378 e. The van der Waals surface area contributed by atoms with E-state index in [2.05, 4.69) is 20.8 Å². The molecule has 11 heavy (non-hydrogen) atoms. The molecule has 1 nitrogen and oxygen atoms in total. The molecule has 0 aromatic heterocycles. The molecule has 1 atom stereocenters. The fourth-order valence-corrected chi connectivity index (χ4v) is 0.909. The molecule has 0 aromatic rings. The first-order chi connectivity index (χ1) is 5.31. The van der Waals surface area contributed by atoms with E-state index in [9.17, 15) is 0 Å². The summed E-state index contributed by atoms with van der Waals surface area (Å²) in [6, 6.07) is 0. The fraction of sp³-hybridized carbons (Fsp3) is 0.900. The molecule has 0 aliphatic rings. The van der Waals surface area contributed by atoms with Crippen LogP contribution < -0.4 is 0 Å². The Morgan fingerprint density at radius 3 is 2.36 bits per heavy atom. The zero-order valence-electron chi connectivity index (χ0n) is 7.94. The van der Waals surface area contributed by atoms with E-state index in [0.29, 0.717) is 0 Å². The van der Waals surface area contributed by atoms with Crippen LogP contribution in [0, 0.1) is 6.92 Å². The second-order valence-corrected chi connectivity index (χ2v) is 2.99. The van der Waals surface area contributed by atoms with E-state index in [1.807, 2.05) is 0 Å². The molecule has 0 aromatic carbocycles. The van der Waals surface area contributed by atoms with Gasteiger partial charge in [-0.1, -0.05) is 33.1 Å². The summed E-state index contributed by atoms with van der Waals surface area (Å²) in [6.45, 7) is 9.18. The molecule has 67 valence electrons. The quantitative estimate of drug-likeness (QED) is 0.516. The lowest BCUT2D eigenvalue weighted by atomic mass is 10.2. The Bertz CT molecular complexity index is 71.3. The number of unbranched alkanes of at least 4 members (excludes halogenated alkanes) is 2. The summed E-state index contributed by atoms with van der Waals surface area (Å²) in [5.41, 5.74) is 0. The van der Waals surface area contributed by atoms with Gasteiger partial charge in [0.15, 0.2) is 0 Å². The van der Waals surface area contributed by atoms with Crippen molar-refractivity contribution in [2.45, 2.75) is 52.1 Å². The standard InChI is InChI=1S/C10H21O/c1-4-6-8-10(3)11-9-7-5-2/h10H,3-9H2,1-2H3. The zero-order chi connectivity index (χ0) is 8.53. The molecular formula is C10H21O. The highest BCUT2D eigenvalue weighted by Gasteiger charge is 1.99. The van der Waals surface area contributed by atoms with Gasteiger partial charge in [-0.3, -0.25) is 0 Å². The molecular weight excluding hydrogens is 136 g/mol. The number of hydrogen-bond donors (Lipinski definition) is 0. The maximum Gasteiger partial charge on any atom is 0.0576 e. The molecule has 0 aliphatic carbocycles. The third kappa shape index (κ3) is 7.86. The van der Waals surface area contributed by atoms with Crippen molar-refractivity contribution < 1.29 is 4.74 Å². The Kier molecular flexibility index (Phi) is 8.03. The van der Waals surface area contributed by atoms with E-state index < -0.39 is 0 Å². The van der Waals surface area contributed by atoms with Crippen LogP contribution in [-0.4, -0.2) is 12.7 Å². The van der Waals surface area contributed by atoms with Crippen LogP contribution in [0.3, 0.4) is 0 Å². The summed E-state index contributed by atoms with van der Waals surface area (Å²) in [7, 11) is 0. The van der Waals surface area contributed by atoms with Crippen LogP contribution in [-0.2, 0) is 4.74 Å². The molecule has 0 aliphatic heterocycles. The highest BCUT2D eigenvalue weighted by atomic mass is 16.5. The molecule has 0 rings (SSSR count). The topological polar surface area (TPSA) is 9.23 Å². The van der Waals surface area contributed by atoms with Crippen LogP contribution in [0.1, 0.15) is 46.0 Å². The zero-order valence-corrected chi connectivity index (χ0v) is 7.94. The van der Waals surface area contributed by atoms with Crippen LogP contribution in [0.25, 0.3) is 0 Å². The number of rotatable bonds is 7. The molecule has 0 saturated carbocycles. The third-order valence-corrected chi connectivity index (χ3v) is 1.73. The smallest absolute Gasteiger partial charge is 0.0576 e. The van der Waals surface area contributed by atoms with Crippen molar-refractivity contribution in [3.8, 4) is 0 Å². The fourth-order valence-electron chi connectivity index (χ4n) is 0.909. The van der Waals surface area contributed by atoms with Crippen LogP contribution in [0.2, 0.25) is 0 Å². The minimum absolute atomic E-state index is 0.224. The van der Waals surface area contributed by atoms with Crippen molar-refractivity contribution in [2.75, 3.05) is 6.61 Å². The maximum absolute atomic E-state index is 5.47. The molecule has 0 N–H and O–H groups in total. The summed E-state index contributed by atoms with van der Waals surface area (Å²) >= 11 is 0. The first-order valence-corrected chi connectivity index (χ1v) is 4.76. The molecule has 0 saturated heterocycles. The van der Waals surface area contributed by atoms with Gasteiger partial charge in [0.1, 0.15) is 0 Å². The van der Waals surface area contributed by atoms with E-state index in [1.54, 1.807) is 0 Å². The Morgan fingerprint density at radius 2 is 1.82 bits per heavy atom. The van der Waals surface area contributed by atoms with Crippen molar-refractivity contribution in [1.29, 1.82) is 0 Å². The summed E-state index contributed by atoms with van der Waals surface area (Å²) in [5, 5.41) is 0.